The minimum atomic E-state index is -0.831. The monoisotopic (exact) mass is 408 g/mol. The molecule has 0 aromatic carbocycles. The number of nitrogens with one attached hydrogen (secondary N) is 2. The van der Waals surface area contributed by atoms with Gasteiger partial charge in [0.2, 0.25) is 0 Å². The molecule has 0 aliphatic carbocycles. The Morgan fingerprint density at radius 3 is 2.04 bits per heavy atom. The fourth-order valence-electron chi connectivity index (χ4n) is 1.92. The van der Waals surface area contributed by atoms with Crippen LogP contribution in [0.25, 0.3) is 0 Å². The number of alkyl halides is 1. The quantitative estimate of drug-likeness (QED) is 0.262. The van der Waals surface area contributed by atoms with Crippen molar-refractivity contribution >= 4 is 29.8 Å². The van der Waals surface area contributed by atoms with Gasteiger partial charge in [0.1, 0.15) is 23.9 Å². The Morgan fingerprint density at radius 2 is 1.52 bits per heavy atom. The van der Waals surface area contributed by atoms with Crippen molar-refractivity contribution in [2.45, 2.75) is 78.0 Å². The number of ether oxygens (including phenoxy) is 3. The van der Waals surface area contributed by atoms with Crippen LogP contribution in [0.1, 0.15) is 60.8 Å². The number of unbranched alkanes of at least 4 members (excludes halogenated alkanes) is 1. The summed E-state index contributed by atoms with van der Waals surface area (Å²) in [5, 5.41) is 5.14. The van der Waals surface area contributed by atoms with Crippen LogP contribution in [-0.4, -0.2) is 54.4 Å². The van der Waals surface area contributed by atoms with Gasteiger partial charge in [-0.25, -0.2) is 14.4 Å². The molecule has 9 heteroatoms. The van der Waals surface area contributed by atoms with Gasteiger partial charge in [-0.15, -0.1) is 11.6 Å². The third-order valence-corrected chi connectivity index (χ3v) is 3.04. The van der Waals surface area contributed by atoms with Gasteiger partial charge in [0, 0.05) is 6.54 Å². The summed E-state index contributed by atoms with van der Waals surface area (Å²) in [5.74, 6) is -0.288. The number of carbonyl (C=O) groups is 3. The first-order valence-electron chi connectivity index (χ1n) is 9.03. The number of esters is 1. The molecule has 0 fully saturated rings. The average molecular weight is 409 g/mol. The Bertz CT molecular complexity index is 485. The van der Waals surface area contributed by atoms with Gasteiger partial charge in [-0.3, -0.25) is 0 Å². The van der Waals surface area contributed by atoms with E-state index in [0.717, 1.165) is 0 Å². The summed E-state index contributed by atoms with van der Waals surface area (Å²) in [7, 11) is 0. The van der Waals surface area contributed by atoms with E-state index in [1.165, 1.54) is 0 Å². The second kappa shape index (κ2) is 11.9. The van der Waals surface area contributed by atoms with E-state index in [-0.39, 0.29) is 12.5 Å². The largest absolute Gasteiger partial charge is 0.458 e. The lowest BCUT2D eigenvalue weighted by Crippen LogP contribution is -2.46. The molecule has 0 bridgehead atoms. The molecule has 0 aromatic heterocycles. The summed E-state index contributed by atoms with van der Waals surface area (Å²) in [4.78, 5) is 35.7. The topological polar surface area (TPSA) is 103 Å². The van der Waals surface area contributed by atoms with Crippen molar-refractivity contribution in [1.29, 1.82) is 0 Å². The van der Waals surface area contributed by atoms with E-state index < -0.39 is 35.4 Å². The number of amides is 2. The molecule has 0 heterocycles. The zero-order chi connectivity index (χ0) is 21.1. The van der Waals surface area contributed by atoms with Crippen molar-refractivity contribution in [2.24, 2.45) is 0 Å². The van der Waals surface area contributed by atoms with Crippen LogP contribution in [0.3, 0.4) is 0 Å². The lowest BCUT2D eigenvalue weighted by molar-refractivity contribution is -0.157. The van der Waals surface area contributed by atoms with Gasteiger partial charge in [0.15, 0.2) is 0 Å². The molecule has 0 saturated heterocycles. The molecule has 8 nitrogen and oxygen atoms in total. The van der Waals surface area contributed by atoms with Crippen molar-refractivity contribution in [3.8, 4) is 0 Å². The molecule has 0 unspecified atom stereocenters. The lowest BCUT2D eigenvalue weighted by atomic mass is 10.1. The van der Waals surface area contributed by atoms with Crippen molar-refractivity contribution in [2.75, 3.05) is 19.0 Å². The van der Waals surface area contributed by atoms with Crippen LogP contribution in [0.15, 0.2) is 0 Å². The molecule has 2 amide bonds. The Morgan fingerprint density at radius 1 is 0.926 bits per heavy atom. The highest BCUT2D eigenvalue weighted by Crippen LogP contribution is 2.13. The van der Waals surface area contributed by atoms with Crippen LogP contribution in [0.5, 0.6) is 0 Å². The van der Waals surface area contributed by atoms with E-state index in [4.69, 9.17) is 25.8 Å². The van der Waals surface area contributed by atoms with Crippen LogP contribution >= 0.6 is 11.6 Å². The fraction of sp³-hybridized carbons (Fsp3) is 0.833. The Hall–Kier alpha value is -1.70. The van der Waals surface area contributed by atoms with Crippen LogP contribution in [0.4, 0.5) is 9.59 Å². The number of alkyl carbamates (subject to hydrolysis) is 2. The van der Waals surface area contributed by atoms with Crippen LogP contribution in [0.2, 0.25) is 0 Å². The van der Waals surface area contributed by atoms with Crippen LogP contribution in [0, 0.1) is 0 Å². The highest BCUT2D eigenvalue weighted by atomic mass is 35.5. The molecule has 1 atom stereocenters. The highest BCUT2D eigenvalue weighted by Gasteiger charge is 2.28. The molecule has 0 radical (unpaired) electrons. The van der Waals surface area contributed by atoms with Crippen molar-refractivity contribution in [3.63, 3.8) is 0 Å². The number of hydrogen-bond acceptors (Lipinski definition) is 6. The molecule has 0 aliphatic rings. The first kappa shape index (κ1) is 25.3. The molecule has 27 heavy (non-hydrogen) atoms. The maximum atomic E-state index is 12.4. The highest BCUT2D eigenvalue weighted by molar-refractivity contribution is 6.18. The van der Waals surface area contributed by atoms with Crippen molar-refractivity contribution in [3.05, 3.63) is 0 Å². The molecular weight excluding hydrogens is 376 g/mol. The fourth-order valence-corrected chi connectivity index (χ4v) is 2.00. The molecule has 0 rings (SSSR count). The second-order valence-corrected chi connectivity index (χ2v) is 8.36. The van der Waals surface area contributed by atoms with E-state index >= 15 is 0 Å². The lowest BCUT2D eigenvalue weighted by Gasteiger charge is -2.26. The molecule has 0 aliphatic heterocycles. The zero-order valence-electron chi connectivity index (χ0n) is 17.1. The Labute approximate surface area is 166 Å². The van der Waals surface area contributed by atoms with Crippen LogP contribution in [-0.2, 0) is 19.0 Å². The van der Waals surface area contributed by atoms with E-state index in [9.17, 15) is 14.4 Å². The Kier molecular flexibility index (Phi) is 11.1. The zero-order valence-corrected chi connectivity index (χ0v) is 17.9. The summed E-state index contributed by atoms with van der Waals surface area (Å²) in [5.41, 5.74) is -1.34. The van der Waals surface area contributed by atoms with Gasteiger partial charge in [0.05, 0.1) is 5.88 Å². The van der Waals surface area contributed by atoms with Gasteiger partial charge in [-0.2, -0.15) is 0 Å². The number of carbonyl (C=O) groups excluding carboxylic acids is 3. The predicted octanol–water partition coefficient (Wildman–Crippen LogP) is 3.36. The summed E-state index contributed by atoms with van der Waals surface area (Å²) in [6.07, 6.45) is 0.320. The average Bonchev–Trinajstić information content (AvgIpc) is 2.47. The molecule has 2 N–H and O–H groups in total. The summed E-state index contributed by atoms with van der Waals surface area (Å²) < 4.78 is 15.3. The number of hydrogen-bond donors (Lipinski definition) is 2. The third-order valence-electron chi connectivity index (χ3n) is 2.88. The van der Waals surface area contributed by atoms with Gasteiger partial charge in [-0.05, 0) is 60.8 Å². The normalized spacial score (nSPS) is 12.7. The van der Waals surface area contributed by atoms with E-state index in [0.29, 0.717) is 25.8 Å². The first-order valence-corrected chi connectivity index (χ1v) is 9.56. The molecule has 0 aromatic rings. The molecule has 158 valence electrons. The van der Waals surface area contributed by atoms with Crippen molar-refractivity contribution in [1.82, 2.24) is 10.6 Å². The summed E-state index contributed by atoms with van der Waals surface area (Å²) >= 11 is 5.43. The minimum absolute atomic E-state index is 0.147. The first-order chi connectivity index (χ1) is 12.3. The number of rotatable bonds is 9. The molecule has 0 saturated carbocycles. The minimum Gasteiger partial charge on any atom is -0.458 e. The van der Waals surface area contributed by atoms with E-state index in [1.807, 2.05) is 0 Å². The molecule has 0 spiro atoms. The number of halogens is 1. The van der Waals surface area contributed by atoms with Gasteiger partial charge >= 0.3 is 18.2 Å². The summed E-state index contributed by atoms with van der Waals surface area (Å²) in [6.45, 7) is 11.0. The van der Waals surface area contributed by atoms with Crippen molar-refractivity contribution < 1.29 is 28.6 Å². The maximum Gasteiger partial charge on any atom is 0.408 e. The van der Waals surface area contributed by atoms with Crippen LogP contribution < -0.4 is 10.6 Å². The second-order valence-electron chi connectivity index (χ2n) is 7.98. The smallest absolute Gasteiger partial charge is 0.408 e. The van der Waals surface area contributed by atoms with Gasteiger partial charge < -0.3 is 24.8 Å². The van der Waals surface area contributed by atoms with E-state index in [1.54, 1.807) is 41.5 Å². The summed E-state index contributed by atoms with van der Waals surface area (Å²) in [6, 6.07) is -0.831. The maximum absolute atomic E-state index is 12.4. The van der Waals surface area contributed by atoms with E-state index in [2.05, 4.69) is 10.6 Å². The molecular formula is C18H33ClN2O6. The Balaban J connectivity index is 4.52. The third kappa shape index (κ3) is 15.1. The standard InChI is InChI=1S/C18H33ClN2O6/c1-17(2,3)26-14(22)13(21-16(24)27-18(4,5)6)9-7-8-11-20-15(23)25-12-10-19/h13H,7-12H2,1-6H3,(H,20,23)(H,21,24)/t13-/m0/s1. The SMILES string of the molecule is CC(C)(C)OC(=O)N[C@@H](CCCCNC(=O)OCCCl)C(=O)OC(C)(C)C. The van der Waals surface area contributed by atoms with Gasteiger partial charge in [-0.1, -0.05) is 0 Å². The van der Waals surface area contributed by atoms with Gasteiger partial charge in [0.25, 0.3) is 0 Å². The predicted molar refractivity (Wildman–Crippen MR) is 103 cm³/mol.